The highest BCUT2D eigenvalue weighted by Gasteiger charge is 2.27. The molecule has 0 aliphatic heterocycles. The second-order valence-corrected chi connectivity index (χ2v) is 27.1. The second kappa shape index (κ2) is 61.6. The van der Waals surface area contributed by atoms with Crippen molar-refractivity contribution in [1.29, 1.82) is 0 Å². The van der Waals surface area contributed by atoms with E-state index in [-0.39, 0.29) is 25.6 Å². The van der Waals surface area contributed by atoms with E-state index in [1.807, 2.05) is 21.1 Å². The van der Waals surface area contributed by atoms with Crippen LogP contribution < -0.4 is 0 Å². The number of ether oxygens (including phenoxy) is 2. The normalized spacial score (nSPS) is 13.0. The summed E-state index contributed by atoms with van der Waals surface area (Å²) in [6, 6.07) is 0. The zero-order chi connectivity index (χ0) is 57.7. The molecule has 79 heavy (non-hydrogen) atoms. The van der Waals surface area contributed by atoms with Gasteiger partial charge in [0.15, 0.2) is 6.10 Å². The molecular formula is C69H139NO8P+. The topological polar surface area (TPSA) is 108 Å². The minimum absolute atomic E-state index is 0.0376. The number of unbranched alkanes of at least 4 members (excludes halogenated alkanes) is 53. The third kappa shape index (κ3) is 66.0. The van der Waals surface area contributed by atoms with Gasteiger partial charge in [0.2, 0.25) is 0 Å². The Morgan fingerprint density at radius 3 is 0.810 bits per heavy atom. The van der Waals surface area contributed by atoms with Gasteiger partial charge >= 0.3 is 19.8 Å². The zero-order valence-electron chi connectivity index (χ0n) is 53.9. The number of hydrogen-bond donors (Lipinski definition) is 1. The van der Waals surface area contributed by atoms with Gasteiger partial charge in [-0.05, 0) is 12.8 Å². The molecule has 9 nitrogen and oxygen atoms in total. The van der Waals surface area contributed by atoms with Crippen molar-refractivity contribution in [1.82, 2.24) is 0 Å². The summed E-state index contributed by atoms with van der Waals surface area (Å²) >= 11 is 0. The van der Waals surface area contributed by atoms with Gasteiger partial charge in [-0.1, -0.05) is 354 Å². The molecule has 1 N–H and O–H groups in total. The fraction of sp³-hybridized carbons (Fsp3) is 0.971. The molecular weight excluding hydrogens is 1000 g/mol. The molecule has 2 atom stereocenters. The Labute approximate surface area is 493 Å². The highest BCUT2D eigenvalue weighted by molar-refractivity contribution is 7.47. The molecule has 0 aliphatic rings. The Bertz CT molecular complexity index is 1290. The van der Waals surface area contributed by atoms with Crippen molar-refractivity contribution >= 4 is 19.8 Å². The summed E-state index contributed by atoms with van der Waals surface area (Å²) in [7, 11) is 1.51. The molecule has 0 bridgehead atoms. The first kappa shape index (κ1) is 78.0. The van der Waals surface area contributed by atoms with Crippen LogP contribution in [0.3, 0.4) is 0 Å². The van der Waals surface area contributed by atoms with Crippen LogP contribution in [0.2, 0.25) is 0 Å². The van der Waals surface area contributed by atoms with Crippen LogP contribution in [0.15, 0.2) is 0 Å². The van der Waals surface area contributed by atoms with Gasteiger partial charge in [-0.15, -0.1) is 0 Å². The number of nitrogens with zero attached hydrogens (tertiary/aromatic N) is 1. The van der Waals surface area contributed by atoms with Crippen LogP contribution in [-0.4, -0.2) is 74.9 Å². The number of phosphoric acid groups is 1. The van der Waals surface area contributed by atoms with E-state index in [1.54, 1.807) is 0 Å². The molecule has 0 aromatic heterocycles. The first-order valence-electron chi connectivity index (χ1n) is 35.3. The maximum Gasteiger partial charge on any atom is 0.472 e. The standard InChI is InChI=1S/C69H138NO8P/c1-6-8-10-12-14-16-18-20-22-24-26-28-29-30-31-32-33-34-35-36-37-38-39-40-41-42-44-46-48-50-52-54-56-58-60-62-69(72)78-67(66-77-79(73,74)76-64-63-70(3,4)5)65-75-68(71)61-59-57-55-53-51-49-47-45-43-27-25-23-21-19-17-15-13-11-9-7-2/h67H,6-66H2,1-5H3/p+1. The maximum absolute atomic E-state index is 12.9. The van der Waals surface area contributed by atoms with Crippen LogP contribution in [0.1, 0.15) is 380 Å². The van der Waals surface area contributed by atoms with Gasteiger partial charge in [-0.2, -0.15) is 0 Å². The Balaban J connectivity index is 3.91. The Hall–Kier alpha value is -0.990. The van der Waals surface area contributed by atoms with E-state index < -0.39 is 26.5 Å². The lowest BCUT2D eigenvalue weighted by Crippen LogP contribution is -2.37. The van der Waals surface area contributed by atoms with Gasteiger partial charge < -0.3 is 18.9 Å². The summed E-state index contributed by atoms with van der Waals surface area (Å²) in [4.78, 5) is 35.8. The molecule has 0 heterocycles. The van der Waals surface area contributed by atoms with Gasteiger partial charge in [0, 0.05) is 12.8 Å². The minimum Gasteiger partial charge on any atom is -0.462 e. The number of hydrogen-bond acceptors (Lipinski definition) is 7. The van der Waals surface area contributed by atoms with E-state index in [0.717, 1.165) is 38.5 Å². The molecule has 0 radical (unpaired) electrons. The van der Waals surface area contributed by atoms with E-state index in [0.29, 0.717) is 17.4 Å². The van der Waals surface area contributed by atoms with Crippen molar-refractivity contribution < 1.29 is 42.1 Å². The number of rotatable bonds is 67. The number of likely N-dealkylation sites (N-methyl/N-ethyl adjacent to an activating group) is 1. The molecule has 0 fully saturated rings. The van der Waals surface area contributed by atoms with Crippen molar-refractivity contribution in [2.75, 3.05) is 47.5 Å². The van der Waals surface area contributed by atoms with Crippen LogP contribution in [0.5, 0.6) is 0 Å². The number of quaternary nitrogens is 1. The third-order valence-corrected chi connectivity index (χ3v) is 17.4. The van der Waals surface area contributed by atoms with Crippen LogP contribution in [0, 0.1) is 0 Å². The smallest absolute Gasteiger partial charge is 0.462 e. The summed E-state index contributed by atoms with van der Waals surface area (Å²) < 4.78 is 34.7. The molecule has 0 aromatic carbocycles. The van der Waals surface area contributed by atoms with E-state index in [1.165, 1.54) is 315 Å². The predicted octanol–water partition coefficient (Wildman–Crippen LogP) is 22.6. The van der Waals surface area contributed by atoms with Gasteiger partial charge in [-0.25, -0.2) is 4.57 Å². The van der Waals surface area contributed by atoms with Crippen LogP contribution >= 0.6 is 7.82 Å². The van der Waals surface area contributed by atoms with Gasteiger partial charge in [-0.3, -0.25) is 18.6 Å². The Morgan fingerprint density at radius 2 is 0.570 bits per heavy atom. The minimum atomic E-state index is -4.38. The Morgan fingerprint density at radius 1 is 0.342 bits per heavy atom. The van der Waals surface area contributed by atoms with Gasteiger partial charge in [0.25, 0.3) is 0 Å². The molecule has 0 amide bonds. The van der Waals surface area contributed by atoms with E-state index in [4.69, 9.17) is 18.5 Å². The average molecular weight is 1140 g/mol. The third-order valence-electron chi connectivity index (χ3n) is 16.4. The van der Waals surface area contributed by atoms with Crippen molar-refractivity contribution in [3.8, 4) is 0 Å². The van der Waals surface area contributed by atoms with Crippen molar-refractivity contribution in [3.05, 3.63) is 0 Å². The van der Waals surface area contributed by atoms with Crippen LogP contribution in [-0.2, 0) is 32.7 Å². The molecule has 0 aliphatic carbocycles. The molecule has 10 heteroatoms. The summed E-state index contributed by atoms with van der Waals surface area (Å²) in [5.74, 6) is -0.769. The highest BCUT2D eigenvalue weighted by atomic mass is 31.2. The average Bonchev–Trinajstić information content (AvgIpc) is 3.41. The number of esters is 2. The van der Waals surface area contributed by atoms with E-state index in [9.17, 15) is 19.0 Å². The molecule has 0 rings (SSSR count). The summed E-state index contributed by atoms with van der Waals surface area (Å²) in [5, 5.41) is 0. The number of carbonyl (C=O) groups excluding carboxylic acids is 2. The fourth-order valence-corrected chi connectivity index (χ4v) is 11.7. The zero-order valence-corrected chi connectivity index (χ0v) is 54.8. The number of carbonyl (C=O) groups is 2. The molecule has 0 saturated heterocycles. The quantitative estimate of drug-likeness (QED) is 0.0278. The number of phosphoric ester groups is 1. The van der Waals surface area contributed by atoms with Crippen molar-refractivity contribution in [3.63, 3.8) is 0 Å². The molecule has 2 unspecified atom stereocenters. The van der Waals surface area contributed by atoms with Crippen molar-refractivity contribution in [2.24, 2.45) is 0 Å². The molecule has 472 valence electrons. The SMILES string of the molecule is CCCCCCCCCCCCCCCCCCCCCCCCCCCCCCCCCCCCCC(=O)OC(COC(=O)CCCCCCCCCCCCCCCCCCCCCC)COP(=O)(O)OCC[N+](C)(C)C. The summed E-state index contributed by atoms with van der Waals surface area (Å²) in [5.41, 5.74) is 0. The van der Waals surface area contributed by atoms with E-state index >= 15 is 0 Å². The molecule has 0 aromatic rings. The second-order valence-electron chi connectivity index (χ2n) is 25.6. The lowest BCUT2D eigenvalue weighted by Gasteiger charge is -2.24. The van der Waals surface area contributed by atoms with Gasteiger partial charge in [0.1, 0.15) is 19.8 Å². The fourth-order valence-electron chi connectivity index (χ4n) is 11.0. The van der Waals surface area contributed by atoms with Crippen LogP contribution in [0.4, 0.5) is 0 Å². The predicted molar refractivity (Wildman–Crippen MR) is 340 cm³/mol. The lowest BCUT2D eigenvalue weighted by molar-refractivity contribution is -0.870. The van der Waals surface area contributed by atoms with Crippen LogP contribution in [0.25, 0.3) is 0 Å². The summed E-state index contributed by atoms with van der Waals surface area (Å²) in [6.45, 7) is 4.53. The molecule has 0 saturated carbocycles. The summed E-state index contributed by atoms with van der Waals surface area (Å²) in [6.07, 6.45) is 73.7. The first-order valence-corrected chi connectivity index (χ1v) is 36.8. The maximum atomic E-state index is 12.9. The van der Waals surface area contributed by atoms with E-state index in [2.05, 4.69) is 13.8 Å². The van der Waals surface area contributed by atoms with Gasteiger partial charge in [0.05, 0.1) is 27.7 Å². The highest BCUT2D eigenvalue weighted by Crippen LogP contribution is 2.43. The molecule has 0 spiro atoms. The first-order chi connectivity index (χ1) is 38.5. The Kier molecular flexibility index (Phi) is 60.8. The van der Waals surface area contributed by atoms with Crippen molar-refractivity contribution in [2.45, 2.75) is 386 Å². The monoisotopic (exact) mass is 1140 g/mol. The lowest BCUT2D eigenvalue weighted by atomic mass is 10.0. The largest absolute Gasteiger partial charge is 0.472 e.